The highest BCUT2D eigenvalue weighted by Gasteiger charge is 1.93. The Hall–Kier alpha value is -0.660. The van der Waals surface area contributed by atoms with E-state index < -0.39 is 22.7 Å². The van der Waals surface area contributed by atoms with Crippen molar-refractivity contribution < 1.29 is 28.0 Å². The molecule has 11 heavy (non-hydrogen) atoms. The molecule has 0 heterocycles. The van der Waals surface area contributed by atoms with Crippen LogP contribution in [0.4, 0.5) is 0 Å². The van der Waals surface area contributed by atoms with Crippen LogP contribution in [0.2, 0.25) is 0 Å². The topological polar surface area (TPSA) is 112 Å². The number of aliphatic carboxylic acids is 1. The van der Waals surface area contributed by atoms with E-state index >= 15 is 0 Å². The highest BCUT2D eigenvalue weighted by atomic mass is 32.2. The summed E-state index contributed by atoms with van der Waals surface area (Å²) in [7, 11) is -3.66. The summed E-state index contributed by atoms with van der Waals surface area (Å²) >= 11 is 0. The molecule has 0 unspecified atom stereocenters. The van der Waals surface area contributed by atoms with Gasteiger partial charge in [0.05, 0.1) is 5.75 Å². The van der Waals surface area contributed by atoms with Gasteiger partial charge >= 0.3 is 5.97 Å². The van der Waals surface area contributed by atoms with Gasteiger partial charge in [-0.25, -0.2) is 4.79 Å². The molecule has 0 rings (SSSR count). The highest BCUT2D eigenvalue weighted by Crippen LogP contribution is 1.74. The van der Waals surface area contributed by atoms with E-state index in [1.165, 1.54) is 6.92 Å². The second-order valence-electron chi connectivity index (χ2n) is 1.42. The van der Waals surface area contributed by atoms with Crippen molar-refractivity contribution in [1.29, 1.82) is 0 Å². The van der Waals surface area contributed by atoms with Crippen LogP contribution in [0.15, 0.2) is 0 Å². The van der Waals surface area contributed by atoms with Crippen molar-refractivity contribution in [3.8, 4) is 0 Å². The summed E-state index contributed by atoms with van der Waals surface area (Å²) in [5.74, 6) is -1.39. The van der Waals surface area contributed by atoms with Gasteiger partial charge in [0.15, 0.2) is 0 Å². The predicted octanol–water partition coefficient (Wildman–Crippen LogP) is -1.04. The van der Waals surface area contributed by atoms with Crippen molar-refractivity contribution in [1.82, 2.24) is 0 Å². The van der Waals surface area contributed by atoms with Crippen molar-refractivity contribution >= 4 is 16.1 Å². The van der Waals surface area contributed by atoms with Gasteiger partial charge in [0, 0.05) is 0 Å². The van der Waals surface area contributed by atoms with E-state index in [9.17, 15) is 8.42 Å². The van der Waals surface area contributed by atoms with E-state index in [2.05, 4.69) is 0 Å². The average Bonchev–Trinajstić information content (AvgIpc) is 1.88. The molecule has 0 amide bonds. The van der Waals surface area contributed by atoms with Gasteiger partial charge in [0.1, 0.15) is 6.61 Å². The molecule has 0 aliphatic heterocycles. The SMILES string of the molecule is CCS(=O)(=O)O.O=C(O)CO. The summed E-state index contributed by atoms with van der Waals surface area (Å²) in [6.45, 7) is 0.593. The first kappa shape index (κ1) is 13.0. The molecule has 68 valence electrons. The van der Waals surface area contributed by atoms with Gasteiger partial charge in [0.2, 0.25) is 0 Å². The molecule has 0 aromatic heterocycles. The third kappa shape index (κ3) is 26.7. The predicted molar refractivity (Wildman–Crippen MR) is 36.8 cm³/mol. The van der Waals surface area contributed by atoms with Crippen molar-refractivity contribution in [2.45, 2.75) is 6.92 Å². The Labute approximate surface area is 64.2 Å². The van der Waals surface area contributed by atoms with Gasteiger partial charge in [0.25, 0.3) is 10.1 Å². The fourth-order valence-electron chi connectivity index (χ4n) is 0. The first-order valence-corrected chi connectivity index (χ1v) is 4.22. The van der Waals surface area contributed by atoms with Crippen LogP contribution in [0.25, 0.3) is 0 Å². The van der Waals surface area contributed by atoms with E-state index in [0.29, 0.717) is 0 Å². The number of rotatable bonds is 2. The molecule has 0 saturated heterocycles. The van der Waals surface area contributed by atoms with Crippen LogP contribution >= 0.6 is 0 Å². The third-order valence-electron chi connectivity index (χ3n) is 0.500. The number of aliphatic hydroxyl groups excluding tert-OH is 1. The van der Waals surface area contributed by atoms with Gasteiger partial charge in [-0.3, -0.25) is 4.55 Å². The maximum absolute atomic E-state index is 9.56. The monoisotopic (exact) mass is 186 g/mol. The van der Waals surface area contributed by atoms with Crippen LogP contribution in [0, 0.1) is 0 Å². The van der Waals surface area contributed by atoms with Crippen LogP contribution in [0.1, 0.15) is 6.92 Å². The van der Waals surface area contributed by atoms with Crippen LogP contribution in [-0.2, 0) is 14.9 Å². The lowest BCUT2D eigenvalue weighted by molar-refractivity contribution is -0.140. The lowest BCUT2D eigenvalue weighted by Crippen LogP contribution is -1.98. The van der Waals surface area contributed by atoms with Gasteiger partial charge in [-0.15, -0.1) is 0 Å². The maximum atomic E-state index is 9.56. The van der Waals surface area contributed by atoms with Gasteiger partial charge < -0.3 is 10.2 Å². The molecule has 0 aliphatic carbocycles. The smallest absolute Gasteiger partial charge is 0.329 e. The zero-order valence-electron chi connectivity index (χ0n) is 5.89. The fourth-order valence-corrected chi connectivity index (χ4v) is 0. The highest BCUT2D eigenvalue weighted by molar-refractivity contribution is 7.85. The van der Waals surface area contributed by atoms with Crippen LogP contribution in [0.5, 0.6) is 0 Å². The second-order valence-corrected chi connectivity index (χ2v) is 3.16. The van der Waals surface area contributed by atoms with Crippen molar-refractivity contribution in [2.75, 3.05) is 12.4 Å². The summed E-state index contributed by atoms with van der Waals surface area (Å²) in [4.78, 5) is 9.12. The quantitative estimate of drug-likeness (QED) is 0.475. The normalized spacial score (nSPS) is 9.73. The molecular weight excluding hydrogens is 176 g/mol. The van der Waals surface area contributed by atoms with Crippen LogP contribution < -0.4 is 0 Å². The van der Waals surface area contributed by atoms with E-state index in [0.717, 1.165) is 0 Å². The molecule has 0 atom stereocenters. The molecule has 3 N–H and O–H groups in total. The minimum Gasteiger partial charge on any atom is -0.480 e. The molecule has 0 aliphatic rings. The third-order valence-corrected chi connectivity index (χ3v) is 1.23. The molecule has 7 heteroatoms. The number of carbonyl (C=O) groups is 1. The lowest BCUT2D eigenvalue weighted by Gasteiger charge is -1.79. The Bertz CT molecular complexity index is 193. The molecule has 0 aromatic rings. The number of hydrogen-bond donors (Lipinski definition) is 3. The summed E-state index contributed by atoms with van der Waals surface area (Å²) in [6.07, 6.45) is 0. The van der Waals surface area contributed by atoms with Crippen molar-refractivity contribution in [2.24, 2.45) is 0 Å². The van der Waals surface area contributed by atoms with Gasteiger partial charge in [-0.2, -0.15) is 8.42 Å². The van der Waals surface area contributed by atoms with E-state index in [4.69, 9.17) is 19.6 Å². The molecule has 0 spiro atoms. The Kier molecular flexibility index (Phi) is 7.16. The number of carboxylic acids is 1. The van der Waals surface area contributed by atoms with Crippen LogP contribution in [0.3, 0.4) is 0 Å². The Morgan fingerprint density at radius 2 is 1.64 bits per heavy atom. The largest absolute Gasteiger partial charge is 0.480 e. The molecule has 0 bridgehead atoms. The second kappa shape index (κ2) is 6.08. The van der Waals surface area contributed by atoms with Gasteiger partial charge in [-0.1, -0.05) is 0 Å². The Morgan fingerprint density at radius 1 is 1.45 bits per heavy atom. The average molecular weight is 186 g/mol. The molecule has 0 fully saturated rings. The first-order valence-electron chi connectivity index (χ1n) is 2.61. The zero-order chi connectivity index (χ0) is 9.49. The molecule has 0 saturated carbocycles. The Balaban J connectivity index is 0. The molecule has 0 aromatic carbocycles. The Morgan fingerprint density at radius 3 is 1.64 bits per heavy atom. The number of carboxylic acid groups (broad SMARTS) is 1. The summed E-state index contributed by atoms with van der Waals surface area (Å²) < 4.78 is 26.9. The zero-order valence-corrected chi connectivity index (χ0v) is 6.71. The van der Waals surface area contributed by atoms with Crippen molar-refractivity contribution in [3.63, 3.8) is 0 Å². The summed E-state index contributed by atoms with van der Waals surface area (Å²) in [5, 5.41) is 15.0. The summed E-state index contributed by atoms with van der Waals surface area (Å²) in [5.41, 5.74) is 0. The van der Waals surface area contributed by atoms with E-state index in [-0.39, 0.29) is 5.75 Å². The van der Waals surface area contributed by atoms with Crippen molar-refractivity contribution in [3.05, 3.63) is 0 Å². The van der Waals surface area contributed by atoms with E-state index in [1.54, 1.807) is 0 Å². The maximum Gasteiger partial charge on any atom is 0.329 e. The molecule has 6 nitrogen and oxygen atoms in total. The van der Waals surface area contributed by atoms with Crippen LogP contribution in [-0.4, -0.2) is 41.5 Å². The van der Waals surface area contributed by atoms with E-state index in [1.807, 2.05) is 0 Å². The minimum absolute atomic E-state index is 0.201. The van der Waals surface area contributed by atoms with Gasteiger partial charge in [-0.05, 0) is 6.92 Å². The molecule has 0 radical (unpaired) electrons. The number of aliphatic hydroxyl groups is 1. The first-order chi connectivity index (χ1) is 4.83. The number of hydrogen-bond acceptors (Lipinski definition) is 4. The standard InChI is InChI=1S/C2H6O3S.C2H4O3/c1-2-6(3,4)5;3-1-2(4)5/h2H2,1H3,(H,3,4,5);3H,1H2,(H,4,5). The lowest BCUT2D eigenvalue weighted by atomic mass is 10.8. The summed E-state index contributed by atoms with van der Waals surface area (Å²) in [6, 6.07) is 0. The fraction of sp³-hybridized carbons (Fsp3) is 0.750. The minimum atomic E-state index is -3.66. The molecular formula is C4H10O6S.